The van der Waals surface area contributed by atoms with E-state index in [2.05, 4.69) is 0 Å². The molecule has 0 aliphatic carbocycles. The predicted octanol–water partition coefficient (Wildman–Crippen LogP) is 3.36. The fourth-order valence-corrected chi connectivity index (χ4v) is 3.47. The molecule has 1 N–H and O–H groups in total. The fourth-order valence-electron chi connectivity index (χ4n) is 1.95. The summed E-state index contributed by atoms with van der Waals surface area (Å²) in [5, 5.41) is 10.9. The van der Waals surface area contributed by atoms with E-state index in [1.165, 1.54) is 11.8 Å². The molecule has 2 aromatic carbocycles. The van der Waals surface area contributed by atoms with Gasteiger partial charge in [-0.05, 0) is 35.3 Å². The predicted molar refractivity (Wildman–Crippen MR) is 79.4 cm³/mol. The van der Waals surface area contributed by atoms with E-state index in [4.69, 9.17) is 27.9 Å². The van der Waals surface area contributed by atoms with Gasteiger partial charge < -0.3 is 9.68 Å². The van der Waals surface area contributed by atoms with Crippen LogP contribution in [0.4, 0.5) is 0 Å². The molecular formula is C13H9BCl2O2S. The number of fused-ring (bicyclic) bond motifs is 1. The first-order valence-corrected chi connectivity index (χ1v) is 7.27. The van der Waals surface area contributed by atoms with Crippen molar-refractivity contribution in [1.82, 2.24) is 0 Å². The molecule has 0 spiro atoms. The van der Waals surface area contributed by atoms with Gasteiger partial charge in [0.25, 0.3) is 0 Å². The van der Waals surface area contributed by atoms with Crippen molar-refractivity contribution in [1.29, 1.82) is 0 Å². The number of halogens is 2. The zero-order chi connectivity index (χ0) is 13.4. The first-order valence-electron chi connectivity index (χ1n) is 5.69. The molecule has 0 fully saturated rings. The van der Waals surface area contributed by atoms with Gasteiger partial charge in [-0.2, -0.15) is 0 Å². The molecule has 0 saturated heterocycles. The lowest BCUT2D eigenvalue weighted by Gasteiger charge is -2.08. The van der Waals surface area contributed by atoms with Crippen LogP contribution in [0.25, 0.3) is 0 Å². The number of benzene rings is 2. The van der Waals surface area contributed by atoms with Gasteiger partial charge in [0.05, 0.1) is 16.7 Å². The van der Waals surface area contributed by atoms with E-state index in [0.717, 1.165) is 20.8 Å². The molecule has 6 heteroatoms. The Hall–Kier alpha value is -0.645. The van der Waals surface area contributed by atoms with Crippen molar-refractivity contribution < 1.29 is 9.68 Å². The number of hydrogen-bond acceptors (Lipinski definition) is 3. The van der Waals surface area contributed by atoms with Gasteiger partial charge in [0, 0.05) is 9.79 Å². The summed E-state index contributed by atoms with van der Waals surface area (Å²) in [6, 6.07) is 11.3. The minimum atomic E-state index is -0.836. The van der Waals surface area contributed by atoms with E-state index < -0.39 is 7.12 Å². The summed E-state index contributed by atoms with van der Waals surface area (Å²) < 4.78 is 5.17. The fraction of sp³-hybridized carbons (Fsp3) is 0.0769. The summed E-state index contributed by atoms with van der Waals surface area (Å²) in [6.07, 6.45) is 0. The third-order valence-corrected chi connectivity index (χ3v) is 4.91. The Bertz CT molecular complexity index is 616. The summed E-state index contributed by atoms with van der Waals surface area (Å²) in [5.41, 5.74) is 1.83. The third-order valence-electron chi connectivity index (χ3n) is 2.92. The summed E-state index contributed by atoms with van der Waals surface area (Å²) in [7, 11) is -0.836. The standard InChI is InChI=1S/C13H9BCl2O2S/c15-11-2-1-3-12(16)13(11)19-9-5-4-8-7-18-14(17)10(8)6-9/h1-6,17H,7H2. The van der Waals surface area contributed by atoms with Gasteiger partial charge in [0.15, 0.2) is 0 Å². The Morgan fingerprint density at radius 2 is 1.89 bits per heavy atom. The second-order valence-corrected chi connectivity index (χ2v) is 6.08. The molecule has 0 bridgehead atoms. The van der Waals surface area contributed by atoms with Crippen LogP contribution in [0, 0.1) is 0 Å². The van der Waals surface area contributed by atoms with Crippen molar-refractivity contribution in [2.45, 2.75) is 16.4 Å². The molecule has 0 atom stereocenters. The highest BCUT2D eigenvalue weighted by Crippen LogP contribution is 2.38. The van der Waals surface area contributed by atoms with Crippen molar-refractivity contribution in [2.24, 2.45) is 0 Å². The lowest BCUT2D eigenvalue weighted by molar-refractivity contribution is 0.275. The Morgan fingerprint density at radius 1 is 1.16 bits per heavy atom. The molecule has 2 nitrogen and oxygen atoms in total. The van der Waals surface area contributed by atoms with Crippen molar-refractivity contribution >= 4 is 47.5 Å². The second kappa shape index (κ2) is 5.39. The van der Waals surface area contributed by atoms with Gasteiger partial charge in [-0.15, -0.1) is 0 Å². The minimum Gasteiger partial charge on any atom is -0.423 e. The minimum absolute atomic E-state index is 0.453. The maximum atomic E-state index is 9.70. The Balaban J connectivity index is 1.94. The Morgan fingerprint density at radius 3 is 2.63 bits per heavy atom. The topological polar surface area (TPSA) is 29.5 Å². The first-order chi connectivity index (χ1) is 9.15. The number of rotatable bonds is 2. The van der Waals surface area contributed by atoms with E-state index in [9.17, 15) is 5.02 Å². The van der Waals surface area contributed by atoms with Crippen molar-refractivity contribution in [2.75, 3.05) is 0 Å². The van der Waals surface area contributed by atoms with E-state index in [-0.39, 0.29) is 0 Å². The van der Waals surface area contributed by atoms with E-state index in [0.29, 0.717) is 16.7 Å². The van der Waals surface area contributed by atoms with Crippen LogP contribution in [0.5, 0.6) is 0 Å². The smallest absolute Gasteiger partial charge is 0.423 e. The molecule has 96 valence electrons. The molecule has 3 rings (SSSR count). The van der Waals surface area contributed by atoms with Crippen LogP contribution in [0.15, 0.2) is 46.2 Å². The molecule has 0 radical (unpaired) electrons. The Kier molecular flexibility index (Phi) is 3.78. The van der Waals surface area contributed by atoms with E-state index in [1.54, 1.807) is 12.1 Å². The maximum absolute atomic E-state index is 9.70. The van der Waals surface area contributed by atoms with E-state index in [1.807, 2.05) is 24.3 Å². The Labute approximate surface area is 125 Å². The zero-order valence-corrected chi connectivity index (χ0v) is 12.1. The van der Waals surface area contributed by atoms with Crippen molar-refractivity contribution in [3.63, 3.8) is 0 Å². The second-order valence-electron chi connectivity index (χ2n) is 4.18. The lowest BCUT2D eigenvalue weighted by atomic mass is 9.80. The van der Waals surface area contributed by atoms with Crippen LogP contribution >= 0.6 is 35.0 Å². The molecule has 1 aliphatic rings. The quantitative estimate of drug-likeness (QED) is 0.863. The number of hydrogen-bond donors (Lipinski definition) is 1. The van der Waals surface area contributed by atoms with Crippen LogP contribution in [0.2, 0.25) is 10.0 Å². The SMILES string of the molecule is OB1OCc2ccc(Sc3c(Cl)cccc3Cl)cc21. The molecule has 19 heavy (non-hydrogen) atoms. The van der Waals surface area contributed by atoms with Crippen molar-refractivity contribution in [3.8, 4) is 0 Å². The average Bonchev–Trinajstić information content (AvgIpc) is 2.76. The average molecular weight is 311 g/mol. The summed E-state index contributed by atoms with van der Waals surface area (Å²) in [5.74, 6) is 0. The third kappa shape index (κ3) is 2.64. The molecular weight excluding hydrogens is 302 g/mol. The van der Waals surface area contributed by atoms with Crippen LogP contribution in [-0.4, -0.2) is 12.1 Å². The molecule has 0 unspecified atom stereocenters. The van der Waals surface area contributed by atoms with Gasteiger partial charge >= 0.3 is 7.12 Å². The molecule has 0 amide bonds. The lowest BCUT2D eigenvalue weighted by Crippen LogP contribution is -2.27. The monoisotopic (exact) mass is 310 g/mol. The largest absolute Gasteiger partial charge is 0.491 e. The molecule has 1 heterocycles. The first kappa shape index (κ1) is 13.3. The molecule has 1 aliphatic heterocycles. The highest BCUT2D eigenvalue weighted by atomic mass is 35.5. The molecule has 0 aromatic heterocycles. The van der Waals surface area contributed by atoms with Gasteiger partial charge in [-0.3, -0.25) is 0 Å². The van der Waals surface area contributed by atoms with Crippen LogP contribution in [-0.2, 0) is 11.3 Å². The molecule has 2 aromatic rings. The van der Waals surface area contributed by atoms with Crippen LogP contribution < -0.4 is 5.46 Å². The highest BCUT2D eigenvalue weighted by Gasteiger charge is 2.27. The summed E-state index contributed by atoms with van der Waals surface area (Å²) in [4.78, 5) is 1.79. The van der Waals surface area contributed by atoms with E-state index >= 15 is 0 Å². The summed E-state index contributed by atoms with van der Waals surface area (Å²) >= 11 is 13.8. The van der Waals surface area contributed by atoms with Gasteiger partial charge in [0.1, 0.15) is 0 Å². The maximum Gasteiger partial charge on any atom is 0.491 e. The highest BCUT2D eigenvalue weighted by molar-refractivity contribution is 7.99. The van der Waals surface area contributed by atoms with Gasteiger partial charge in [-0.25, -0.2) is 0 Å². The van der Waals surface area contributed by atoms with Crippen molar-refractivity contribution in [3.05, 3.63) is 52.0 Å². The summed E-state index contributed by atoms with van der Waals surface area (Å²) in [6.45, 7) is 0.453. The van der Waals surface area contributed by atoms with Gasteiger partial charge in [0.2, 0.25) is 0 Å². The van der Waals surface area contributed by atoms with Crippen LogP contribution in [0.3, 0.4) is 0 Å². The van der Waals surface area contributed by atoms with Crippen LogP contribution in [0.1, 0.15) is 5.56 Å². The zero-order valence-electron chi connectivity index (χ0n) is 9.77. The molecule has 0 saturated carbocycles. The normalized spacial score (nSPS) is 13.7. The van der Waals surface area contributed by atoms with Gasteiger partial charge in [-0.1, -0.05) is 47.1 Å².